The van der Waals surface area contributed by atoms with E-state index < -0.39 is 5.97 Å². The number of carbonyl (C=O) groups is 2. The van der Waals surface area contributed by atoms with Crippen molar-refractivity contribution in [2.45, 2.75) is 27.2 Å². The van der Waals surface area contributed by atoms with E-state index >= 15 is 0 Å². The molecule has 2 aromatic rings. The second kappa shape index (κ2) is 10.4. The zero-order valence-electron chi connectivity index (χ0n) is 16.3. The van der Waals surface area contributed by atoms with Crippen LogP contribution >= 0.6 is 0 Å². The number of hydrogen-bond donors (Lipinski definition) is 1. The molecule has 0 aliphatic carbocycles. The summed E-state index contributed by atoms with van der Waals surface area (Å²) in [5.74, 6) is -0.785. The number of amides is 1. The molecule has 0 radical (unpaired) electrons. The van der Waals surface area contributed by atoms with Crippen LogP contribution < -0.4 is 10.2 Å². The van der Waals surface area contributed by atoms with Crippen LogP contribution in [0.15, 0.2) is 48.5 Å². The van der Waals surface area contributed by atoms with Gasteiger partial charge in [0.2, 0.25) is 0 Å². The molecule has 2 aromatic carbocycles. The molecule has 1 N–H and O–H groups in total. The van der Waals surface area contributed by atoms with E-state index in [2.05, 4.69) is 24.1 Å². The summed E-state index contributed by atoms with van der Waals surface area (Å²) in [6.07, 6.45) is 0.749. The molecule has 5 heteroatoms. The van der Waals surface area contributed by atoms with E-state index in [0.29, 0.717) is 12.1 Å². The smallest absolute Gasteiger partial charge is 0.338 e. The fourth-order valence-corrected chi connectivity index (χ4v) is 2.89. The first-order chi connectivity index (χ1) is 13.0. The molecule has 0 atom stereocenters. The maximum Gasteiger partial charge on any atom is 0.338 e. The number of benzene rings is 2. The van der Waals surface area contributed by atoms with Crippen LogP contribution in [0.25, 0.3) is 0 Å². The highest BCUT2D eigenvalue weighted by Crippen LogP contribution is 2.15. The van der Waals surface area contributed by atoms with Crippen molar-refractivity contribution in [3.63, 3.8) is 0 Å². The number of rotatable bonds is 9. The predicted molar refractivity (Wildman–Crippen MR) is 108 cm³/mol. The molecule has 0 saturated heterocycles. The maximum absolute atomic E-state index is 12.1. The van der Waals surface area contributed by atoms with E-state index in [1.807, 2.05) is 43.3 Å². The third-order valence-electron chi connectivity index (χ3n) is 4.54. The van der Waals surface area contributed by atoms with Gasteiger partial charge in [-0.2, -0.15) is 0 Å². The minimum absolute atomic E-state index is 0.273. The number of carbonyl (C=O) groups excluding carboxylic acids is 2. The molecule has 0 heterocycles. The number of nitrogens with zero attached hydrogens (tertiary/aromatic N) is 1. The zero-order chi connectivity index (χ0) is 19.6. The molecule has 2 rings (SSSR count). The zero-order valence-corrected chi connectivity index (χ0v) is 16.3. The Morgan fingerprint density at radius 2 is 1.67 bits per heavy atom. The van der Waals surface area contributed by atoms with E-state index in [-0.39, 0.29) is 12.5 Å². The van der Waals surface area contributed by atoms with Crippen molar-refractivity contribution in [1.29, 1.82) is 0 Å². The Bertz CT molecular complexity index is 752. The Morgan fingerprint density at radius 1 is 1.00 bits per heavy atom. The molecule has 0 aliphatic heterocycles. The summed E-state index contributed by atoms with van der Waals surface area (Å²) in [5, 5.41) is 2.78. The molecule has 27 heavy (non-hydrogen) atoms. The molecule has 1 amide bonds. The first-order valence-electron chi connectivity index (χ1n) is 9.38. The summed E-state index contributed by atoms with van der Waals surface area (Å²) in [5.41, 5.74) is 3.90. The van der Waals surface area contributed by atoms with Gasteiger partial charge in [-0.25, -0.2) is 4.79 Å². The van der Waals surface area contributed by atoms with Gasteiger partial charge in [0.1, 0.15) is 0 Å². The van der Waals surface area contributed by atoms with Crippen molar-refractivity contribution in [1.82, 2.24) is 5.32 Å². The number of anilines is 1. The molecular weight excluding hydrogens is 340 g/mol. The fraction of sp³-hybridized carbons (Fsp3) is 0.364. The van der Waals surface area contributed by atoms with E-state index in [0.717, 1.165) is 25.2 Å². The molecular formula is C22H28N2O3. The Kier molecular flexibility index (Phi) is 7.86. The first-order valence-corrected chi connectivity index (χ1v) is 9.38. The van der Waals surface area contributed by atoms with Crippen molar-refractivity contribution < 1.29 is 14.3 Å². The second-order valence-corrected chi connectivity index (χ2v) is 6.32. The fourth-order valence-electron chi connectivity index (χ4n) is 2.89. The lowest BCUT2D eigenvalue weighted by Crippen LogP contribution is -2.30. The van der Waals surface area contributed by atoms with Gasteiger partial charge in [-0.05, 0) is 62.6 Å². The van der Waals surface area contributed by atoms with Crippen molar-refractivity contribution >= 4 is 17.6 Å². The molecule has 0 saturated carbocycles. The van der Waals surface area contributed by atoms with Gasteiger partial charge < -0.3 is 15.0 Å². The van der Waals surface area contributed by atoms with Gasteiger partial charge in [-0.3, -0.25) is 4.79 Å². The van der Waals surface area contributed by atoms with Crippen LogP contribution in [0.2, 0.25) is 0 Å². The molecule has 144 valence electrons. The third kappa shape index (κ3) is 6.13. The van der Waals surface area contributed by atoms with Crippen molar-refractivity contribution in [2.75, 3.05) is 31.1 Å². The summed E-state index contributed by atoms with van der Waals surface area (Å²) in [4.78, 5) is 26.2. The number of aryl methyl sites for hydroxylation is 1. The maximum atomic E-state index is 12.1. The summed E-state index contributed by atoms with van der Waals surface area (Å²) in [6.45, 7) is 8.27. The summed E-state index contributed by atoms with van der Waals surface area (Å²) in [6, 6.07) is 15.3. The largest absolute Gasteiger partial charge is 0.452 e. The number of nitrogens with one attached hydrogen (secondary N) is 1. The van der Waals surface area contributed by atoms with Crippen molar-refractivity contribution in [2.24, 2.45) is 0 Å². The van der Waals surface area contributed by atoms with E-state index in [1.165, 1.54) is 11.1 Å². The highest BCUT2D eigenvalue weighted by molar-refractivity contribution is 5.91. The highest BCUT2D eigenvalue weighted by Gasteiger charge is 2.11. The van der Waals surface area contributed by atoms with Gasteiger partial charge in [-0.1, -0.05) is 24.3 Å². The molecule has 0 fully saturated rings. The topological polar surface area (TPSA) is 58.6 Å². The quantitative estimate of drug-likeness (QED) is 0.690. The second-order valence-electron chi connectivity index (χ2n) is 6.32. The Balaban J connectivity index is 1.76. The highest BCUT2D eigenvalue weighted by atomic mass is 16.5. The lowest BCUT2D eigenvalue weighted by atomic mass is 10.1. The summed E-state index contributed by atoms with van der Waals surface area (Å²) < 4.78 is 5.10. The average molecular weight is 368 g/mol. The minimum atomic E-state index is -0.491. The van der Waals surface area contributed by atoms with E-state index in [9.17, 15) is 9.59 Å². The van der Waals surface area contributed by atoms with Crippen molar-refractivity contribution in [3.05, 3.63) is 65.2 Å². The monoisotopic (exact) mass is 368 g/mol. The Labute approximate surface area is 161 Å². The van der Waals surface area contributed by atoms with Crippen LogP contribution in [0.4, 0.5) is 5.69 Å². The lowest BCUT2D eigenvalue weighted by molar-refractivity contribution is -0.124. The summed E-state index contributed by atoms with van der Waals surface area (Å²) in [7, 11) is 0. The van der Waals surface area contributed by atoms with Crippen LogP contribution in [0, 0.1) is 6.92 Å². The number of esters is 1. The van der Waals surface area contributed by atoms with Gasteiger partial charge >= 0.3 is 5.97 Å². The third-order valence-corrected chi connectivity index (χ3v) is 4.54. The van der Waals surface area contributed by atoms with Gasteiger partial charge in [-0.15, -0.1) is 0 Å². The van der Waals surface area contributed by atoms with E-state index in [4.69, 9.17) is 4.74 Å². The van der Waals surface area contributed by atoms with Gasteiger partial charge in [0.15, 0.2) is 6.61 Å². The van der Waals surface area contributed by atoms with Gasteiger partial charge in [0.05, 0.1) is 5.56 Å². The first kappa shape index (κ1) is 20.5. The van der Waals surface area contributed by atoms with E-state index in [1.54, 1.807) is 12.1 Å². The lowest BCUT2D eigenvalue weighted by Gasteiger charge is -2.20. The standard InChI is InChI=1S/C22H28N2O3/c1-4-24(5-2)20-12-10-19(11-13-20)22(26)27-16-21(25)23-15-14-18-9-7-6-8-17(18)3/h6-13H,4-5,14-16H2,1-3H3,(H,23,25). The van der Waals surface area contributed by atoms with Gasteiger partial charge in [0, 0.05) is 25.3 Å². The predicted octanol–water partition coefficient (Wildman–Crippen LogP) is 3.36. The SMILES string of the molecule is CCN(CC)c1ccc(C(=O)OCC(=O)NCCc2ccccc2C)cc1. The van der Waals surface area contributed by atoms with Crippen LogP contribution in [0.1, 0.15) is 35.3 Å². The average Bonchev–Trinajstić information content (AvgIpc) is 2.69. The molecule has 0 aliphatic rings. The van der Waals surface area contributed by atoms with Crippen LogP contribution in [0.3, 0.4) is 0 Å². The minimum Gasteiger partial charge on any atom is -0.452 e. The molecule has 0 unspecified atom stereocenters. The van der Waals surface area contributed by atoms with Gasteiger partial charge in [0.25, 0.3) is 5.91 Å². The number of hydrogen-bond acceptors (Lipinski definition) is 4. The molecule has 5 nitrogen and oxygen atoms in total. The summed E-state index contributed by atoms with van der Waals surface area (Å²) >= 11 is 0. The molecule has 0 aromatic heterocycles. The molecule has 0 bridgehead atoms. The van der Waals surface area contributed by atoms with Crippen molar-refractivity contribution in [3.8, 4) is 0 Å². The molecule has 0 spiro atoms. The van der Waals surface area contributed by atoms with Crippen LogP contribution in [-0.4, -0.2) is 38.1 Å². The van der Waals surface area contributed by atoms with Crippen LogP contribution in [-0.2, 0) is 16.0 Å². The number of ether oxygens (including phenoxy) is 1. The Hall–Kier alpha value is -2.82. The Morgan fingerprint density at radius 3 is 2.30 bits per heavy atom. The van der Waals surface area contributed by atoms with Crippen LogP contribution in [0.5, 0.6) is 0 Å². The normalized spacial score (nSPS) is 10.3.